The van der Waals surface area contributed by atoms with E-state index in [2.05, 4.69) is 47.6 Å². The predicted molar refractivity (Wildman–Crippen MR) is 124 cm³/mol. The molecular formula is C24H35N3O2S. The molecule has 2 heterocycles. The summed E-state index contributed by atoms with van der Waals surface area (Å²) in [5.41, 5.74) is 5.37. The van der Waals surface area contributed by atoms with Crippen LogP contribution in [0.2, 0.25) is 0 Å². The lowest BCUT2D eigenvalue weighted by molar-refractivity contribution is 0.0909. The maximum absolute atomic E-state index is 9.52. The minimum atomic E-state index is -0.670. The number of aliphatic hydroxyl groups is 2. The molecule has 1 fully saturated rings. The molecule has 6 heteroatoms. The zero-order valence-electron chi connectivity index (χ0n) is 18.2. The number of rotatable bonds is 6. The molecule has 0 bridgehead atoms. The van der Waals surface area contributed by atoms with Crippen LogP contribution in [-0.4, -0.2) is 53.6 Å². The monoisotopic (exact) mass is 429 g/mol. The predicted octanol–water partition coefficient (Wildman–Crippen LogP) is 3.80. The molecule has 5 nitrogen and oxygen atoms in total. The molecule has 30 heavy (non-hydrogen) atoms. The molecule has 1 aromatic carbocycles. The number of thiazole rings is 1. The average Bonchev–Trinajstić information content (AvgIpc) is 3.22. The Morgan fingerprint density at radius 3 is 2.80 bits per heavy atom. The first-order chi connectivity index (χ1) is 14.5. The molecular weight excluding hydrogens is 394 g/mol. The number of aryl methyl sites for hydroxylation is 1. The fourth-order valence-corrected chi connectivity index (χ4v) is 5.67. The molecule has 164 valence electrons. The van der Waals surface area contributed by atoms with Gasteiger partial charge in [0.25, 0.3) is 0 Å². The van der Waals surface area contributed by atoms with Crippen LogP contribution in [0.3, 0.4) is 0 Å². The fraction of sp³-hybridized carbons (Fsp3) is 0.625. The van der Waals surface area contributed by atoms with E-state index in [0.29, 0.717) is 18.5 Å². The van der Waals surface area contributed by atoms with Crippen LogP contribution in [0.5, 0.6) is 0 Å². The quantitative estimate of drug-likeness (QED) is 0.610. The van der Waals surface area contributed by atoms with Gasteiger partial charge in [0.2, 0.25) is 0 Å². The maximum atomic E-state index is 9.52. The Morgan fingerprint density at radius 1 is 1.23 bits per heavy atom. The van der Waals surface area contributed by atoms with Crippen molar-refractivity contribution in [2.24, 2.45) is 5.92 Å². The topological polar surface area (TPSA) is 68.6 Å². The van der Waals surface area contributed by atoms with E-state index in [4.69, 9.17) is 10.1 Å². The first-order valence-electron chi connectivity index (χ1n) is 11.4. The first-order valence-corrected chi connectivity index (χ1v) is 12.3. The van der Waals surface area contributed by atoms with Crippen LogP contribution < -0.4 is 10.2 Å². The normalized spacial score (nSPS) is 23.8. The van der Waals surface area contributed by atoms with Gasteiger partial charge in [-0.1, -0.05) is 26.0 Å². The lowest BCUT2D eigenvalue weighted by Crippen LogP contribution is -2.45. The summed E-state index contributed by atoms with van der Waals surface area (Å²) >= 11 is 1.74. The molecule has 0 amide bonds. The summed E-state index contributed by atoms with van der Waals surface area (Å²) in [6, 6.07) is 7.38. The minimum Gasteiger partial charge on any atom is -0.394 e. The van der Waals surface area contributed by atoms with Gasteiger partial charge in [0.15, 0.2) is 5.13 Å². The second-order valence-corrected chi connectivity index (χ2v) is 9.93. The zero-order valence-corrected chi connectivity index (χ0v) is 19.0. The fourth-order valence-electron chi connectivity index (χ4n) is 4.78. The van der Waals surface area contributed by atoms with E-state index >= 15 is 0 Å². The number of nitrogens with one attached hydrogen (secondary N) is 1. The number of hydrogen-bond donors (Lipinski definition) is 3. The molecule has 4 rings (SSSR count). The Labute approximate surface area is 184 Å². The van der Waals surface area contributed by atoms with E-state index in [-0.39, 0.29) is 6.61 Å². The van der Waals surface area contributed by atoms with Crippen molar-refractivity contribution >= 4 is 16.5 Å². The molecule has 0 spiro atoms. The molecule has 0 saturated carbocycles. The van der Waals surface area contributed by atoms with Crippen molar-refractivity contribution in [1.82, 2.24) is 10.3 Å². The SMILES string of the molecule is CC1CCCc2cc(-c3csc(N4CCC(NC[C@H](O)CO)CC4)n3)ccc2C1C. The number of aliphatic hydroxyl groups excluding tert-OH is 2. The van der Waals surface area contributed by atoms with Gasteiger partial charge < -0.3 is 20.4 Å². The largest absolute Gasteiger partial charge is 0.394 e. The van der Waals surface area contributed by atoms with Crippen LogP contribution in [0.15, 0.2) is 23.6 Å². The van der Waals surface area contributed by atoms with E-state index in [1.165, 1.54) is 36.0 Å². The Kier molecular flexibility index (Phi) is 7.08. The smallest absolute Gasteiger partial charge is 0.185 e. The second-order valence-electron chi connectivity index (χ2n) is 9.09. The molecule has 3 atom stereocenters. The Hall–Kier alpha value is -1.47. The molecule has 0 radical (unpaired) electrons. The van der Waals surface area contributed by atoms with E-state index < -0.39 is 6.10 Å². The van der Waals surface area contributed by atoms with Gasteiger partial charge in [0.05, 0.1) is 18.4 Å². The summed E-state index contributed by atoms with van der Waals surface area (Å²) in [6.45, 7) is 6.97. The lowest BCUT2D eigenvalue weighted by atomic mass is 9.86. The van der Waals surface area contributed by atoms with Crippen molar-refractivity contribution in [2.45, 2.75) is 64.0 Å². The van der Waals surface area contributed by atoms with E-state index in [1.54, 1.807) is 11.3 Å². The van der Waals surface area contributed by atoms with Crippen molar-refractivity contribution in [3.05, 3.63) is 34.7 Å². The number of aromatic nitrogens is 1. The lowest BCUT2D eigenvalue weighted by Gasteiger charge is -2.32. The van der Waals surface area contributed by atoms with Gasteiger partial charge in [-0.2, -0.15) is 0 Å². The molecule has 1 aliphatic carbocycles. The van der Waals surface area contributed by atoms with E-state index in [9.17, 15) is 5.11 Å². The summed E-state index contributed by atoms with van der Waals surface area (Å²) in [4.78, 5) is 7.35. The maximum Gasteiger partial charge on any atom is 0.185 e. The highest BCUT2D eigenvalue weighted by atomic mass is 32.1. The number of fused-ring (bicyclic) bond motifs is 1. The van der Waals surface area contributed by atoms with Crippen molar-refractivity contribution in [1.29, 1.82) is 0 Å². The van der Waals surface area contributed by atoms with Gasteiger partial charge >= 0.3 is 0 Å². The van der Waals surface area contributed by atoms with Gasteiger partial charge in [-0.25, -0.2) is 4.98 Å². The number of hydrogen-bond acceptors (Lipinski definition) is 6. The number of piperidine rings is 1. The van der Waals surface area contributed by atoms with Gasteiger partial charge in [0.1, 0.15) is 0 Å². The molecule has 2 aliphatic rings. The van der Waals surface area contributed by atoms with Gasteiger partial charge in [-0.3, -0.25) is 0 Å². The van der Waals surface area contributed by atoms with Gasteiger partial charge in [-0.05, 0) is 61.1 Å². The molecule has 1 aliphatic heterocycles. The molecule has 2 unspecified atom stereocenters. The third-order valence-corrected chi connectivity index (χ3v) is 7.90. The summed E-state index contributed by atoms with van der Waals surface area (Å²) in [7, 11) is 0. The van der Waals surface area contributed by atoms with Crippen LogP contribution in [0.1, 0.15) is 56.6 Å². The number of benzene rings is 1. The first kappa shape index (κ1) is 21.8. The number of anilines is 1. The molecule has 2 aromatic rings. The molecule has 3 N–H and O–H groups in total. The second kappa shape index (κ2) is 9.77. The highest BCUT2D eigenvalue weighted by molar-refractivity contribution is 7.14. The zero-order chi connectivity index (χ0) is 21.1. The Bertz CT molecular complexity index is 832. The van der Waals surface area contributed by atoms with Crippen LogP contribution in [0.25, 0.3) is 11.3 Å². The van der Waals surface area contributed by atoms with Crippen molar-refractivity contribution in [3.63, 3.8) is 0 Å². The third-order valence-electron chi connectivity index (χ3n) is 7.00. The third kappa shape index (κ3) is 4.88. The van der Waals surface area contributed by atoms with Gasteiger partial charge in [0, 0.05) is 36.6 Å². The van der Waals surface area contributed by atoms with Crippen LogP contribution in [0, 0.1) is 5.92 Å². The van der Waals surface area contributed by atoms with Crippen molar-refractivity contribution in [2.75, 3.05) is 31.1 Å². The Balaban J connectivity index is 1.40. The Morgan fingerprint density at radius 2 is 2.03 bits per heavy atom. The number of nitrogens with zero attached hydrogens (tertiary/aromatic N) is 2. The van der Waals surface area contributed by atoms with Crippen LogP contribution in [0.4, 0.5) is 5.13 Å². The average molecular weight is 430 g/mol. The highest BCUT2D eigenvalue weighted by Gasteiger charge is 2.23. The standard InChI is InChI=1S/C24H35N3O2S/c1-16-4-3-5-18-12-19(6-7-22(18)17(16)2)23-15-30-24(26-23)27-10-8-20(9-11-27)25-13-21(29)14-28/h6-7,12,15-17,20-21,25,28-29H,3-5,8-11,13-14H2,1-2H3/t16?,17?,21-/m0/s1. The highest BCUT2D eigenvalue weighted by Crippen LogP contribution is 2.37. The summed E-state index contributed by atoms with van der Waals surface area (Å²) in [5, 5.41) is 25.1. The summed E-state index contributed by atoms with van der Waals surface area (Å²) in [5.74, 6) is 1.39. The van der Waals surface area contributed by atoms with Crippen molar-refractivity contribution < 1.29 is 10.2 Å². The van der Waals surface area contributed by atoms with Crippen LogP contribution in [-0.2, 0) is 6.42 Å². The van der Waals surface area contributed by atoms with Crippen molar-refractivity contribution in [3.8, 4) is 11.3 Å². The van der Waals surface area contributed by atoms with Gasteiger partial charge in [-0.15, -0.1) is 11.3 Å². The summed E-state index contributed by atoms with van der Waals surface area (Å²) in [6.07, 6.45) is 5.17. The van der Waals surface area contributed by atoms with E-state index in [1.807, 2.05) is 0 Å². The summed E-state index contributed by atoms with van der Waals surface area (Å²) < 4.78 is 0. The minimum absolute atomic E-state index is 0.186. The van der Waals surface area contributed by atoms with Crippen LogP contribution >= 0.6 is 11.3 Å². The van der Waals surface area contributed by atoms with E-state index in [0.717, 1.165) is 42.7 Å². The molecule has 1 aromatic heterocycles. The molecule has 1 saturated heterocycles.